The van der Waals surface area contributed by atoms with Crippen LogP contribution in [-0.4, -0.2) is 36.7 Å². The summed E-state index contributed by atoms with van der Waals surface area (Å²) in [6.07, 6.45) is 4.25. The molecule has 3 heterocycles. The lowest BCUT2D eigenvalue weighted by Crippen LogP contribution is -2.37. The molecule has 0 aliphatic carbocycles. The SMILES string of the molecule is O=C1/C(=C/c2cccc(Br)c2)Oc2c1ccc1c2CN(CC2CCCO2)CO1. The van der Waals surface area contributed by atoms with Gasteiger partial charge in [-0.2, -0.15) is 0 Å². The number of ether oxygens (including phenoxy) is 3. The van der Waals surface area contributed by atoms with Gasteiger partial charge in [0.15, 0.2) is 5.76 Å². The predicted octanol–water partition coefficient (Wildman–Crippen LogP) is 4.40. The Bertz CT molecular complexity index is 965. The smallest absolute Gasteiger partial charge is 0.231 e. The van der Waals surface area contributed by atoms with Crippen molar-refractivity contribution in [2.45, 2.75) is 25.5 Å². The van der Waals surface area contributed by atoms with Crippen LogP contribution >= 0.6 is 15.9 Å². The number of nitrogens with zero attached hydrogens (tertiary/aromatic N) is 1. The van der Waals surface area contributed by atoms with Gasteiger partial charge in [-0.1, -0.05) is 28.1 Å². The van der Waals surface area contributed by atoms with Crippen molar-refractivity contribution >= 4 is 27.8 Å². The van der Waals surface area contributed by atoms with Crippen molar-refractivity contribution in [3.63, 3.8) is 0 Å². The van der Waals surface area contributed by atoms with Gasteiger partial charge in [0.1, 0.15) is 18.2 Å². The van der Waals surface area contributed by atoms with Gasteiger partial charge >= 0.3 is 0 Å². The molecule has 144 valence electrons. The average molecular weight is 442 g/mol. The quantitative estimate of drug-likeness (QED) is 0.660. The monoisotopic (exact) mass is 441 g/mol. The van der Waals surface area contributed by atoms with E-state index in [2.05, 4.69) is 20.8 Å². The largest absolute Gasteiger partial charge is 0.478 e. The molecule has 0 bridgehead atoms. The van der Waals surface area contributed by atoms with Gasteiger partial charge < -0.3 is 14.2 Å². The molecule has 0 spiro atoms. The number of hydrogen-bond acceptors (Lipinski definition) is 5. The second kappa shape index (κ2) is 7.35. The van der Waals surface area contributed by atoms with E-state index in [1.807, 2.05) is 30.3 Å². The molecular weight excluding hydrogens is 422 g/mol. The summed E-state index contributed by atoms with van der Waals surface area (Å²) in [5.74, 6) is 1.67. The molecule has 6 heteroatoms. The van der Waals surface area contributed by atoms with E-state index in [9.17, 15) is 4.79 Å². The van der Waals surface area contributed by atoms with Crippen molar-refractivity contribution in [2.24, 2.45) is 0 Å². The minimum absolute atomic E-state index is 0.0889. The number of hydrogen-bond donors (Lipinski definition) is 0. The maximum atomic E-state index is 12.9. The molecule has 1 atom stereocenters. The fourth-order valence-electron chi connectivity index (χ4n) is 3.95. The first kappa shape index (κ1) is 17.9. The molecule has 1 unspecified atom stereocenters. The zero-order chi connectivity index (χ0) is 19.1. The third kappa shape index (κ3) is 3.36. The number of halogens is 1. The lowest BCUT2D eigenvalue weighted by Gasteiger charge is -2.31. The second-order valence-electron chi connectivity index (χ2n) is 7.33. The Balaban J connectivity index is 1.42. The van der Waals surface area contributed by atoms with Gasteiger partial charge in [-0.3, -0.25) is 9.69 Å². The van der Waals surface area contributed by atoms with Crippen LogP contribution in [0.2, 0.25) is 0 Å². The third-order valence-electron chi connectivity index (χ3n) is 5.31. The molecular formula is C22H20BrNO4. The van der Waals surface area contributed by atoms with E-state index in [1.54, 1.807) is 12.1 Å². The number of fused-ring (bicyclic) bond motifs is 3. The van der Waals surface area contributed by atoms with Crippen LogP contribution in [-0.2, 0) is 11.3 Å². The van der Waals surface area contributed by atoms with Crippen LogP contribution in [0.5, 0.6) is 11.5 Å². The van der Waals surface area contributed by atoms with Crippen LogP contribution in [0.3, 0.4) is 0 Å². The summed E-state index contributed by atoms with van der Waals surface area (Å²) < 4.78 is 18.7. The summed E-state index contributed by atoms with van der Waals surface area (Å²) in [5.41, 5.74) is 2.45. The molecule has 0 N–H and O–H groups in total. The molecule has 0 aromatic heterocycles. The third-order valence-corrected chi connectivity index (χ3v) is 5.81. The van der Waals surface area contributed by atoms with Crippen LogP contribution < -0.4 is 9.47 Å². The highest BCUT2D eigenvalue weighted by atomic mass is 79.9. The summed E-state index contributed by atoms with van der Waals surface area (Å²) in [4.78, 5) is 15.1. The Morgan fingerprint density at radius 2 is 2.18 bits per heavy atom. The van der Waals surface area contributed by atoms with Crippen molar-refractivity contribution in [1.29, 1.82) is 0 Å². The summed E-state index contributed by atoms with van der Waals surface area (Å²) in [7, 11) is 0. The maximum Gasteiger partial charge on any atom is 0.231 e. The molecule has 5 rings (SSSR count). The number of carbonyl (C=O) groups excluding carboxylic acids is 1. The molecule has 2 aromatic rings. The fourth-order valence-corrected chi connectivity index (χ4v) is 4.36. The maximum absolute atomic E-state index is 12.9. The zero-order valence-electron chi connectivity index (χ0n) is 15.3. The van der Waals surface area contributed by atoms with Gasteiger partial charge in [-0.25, -0.2) is 0 Å². The van der Waals surface area contributed by atoms with Crippen LogP contribution in [0.4, 0.5) is 0 Å². The lowest BCUT2D eigenvalue weighted by molar-refractivity contribution is 0.0274. The zero-order valence-corrected chi connectivity index (χ0v) is 16.9. The van der Waals surface area contributed by atoms with Crippen LogP contribution in [0, 0.1) is 0 Å². The highest BCUT2D eigenvalue weighted by Crippen LogP contribution is 2.42. The molecule has 1 fully saturated rings. The number of benzene rings is 2. The number of rotatable bonds is 3. The Kier molecular flexibility index (Phi) is 4.70. The predicted molar refractivity (Wildman–Crippen MR) is 108 cm³/mol. The van der Waals surface area contributed by atoms with Crippen molar-refractivity contribution in [3.05, 3.63) is 63.3 Å². The molecule has 0 amide bonds. The van der Waals surface area contributed by atoms with Gasteiger partial charge in [0.25, 0.3) is 0 Å². The number of allylic oxidation sites excluding steroid dienone is 1. The average Bonchev–Trinajstić information content (AvgIpc) is 3.31. The topological polar surface area (TPSA) is 48.0 Å². The van der Waals surface area contributed by atoms with E-state index in [0.717, 1.165) is 47.3 Å². The van der Waals surface area contributed by atoms with Crippen molar-refractivity contribution in [3.8, 4) is 11.5 Å². The van der Waals surface area contributed by atoms with E-state index < -0.39 is 0 Å². The van der Waals surface area contributed by atoms with Gasteiger partial charge in [0.2, 0.25) is 5.78 Å². The lowest BCUT2D eigenvalue weighted by atomic mass is 10.0. The molecule has 0 saturated carbocycles. The van der Waals surface area contributed by atoms with Gasteiger partial charge in [0, 0.05) is 24.2 Å². The molecule has 3 aliphatic rings. The van der Waals surface area contributed by atoms with Crippen molar-refractivity contribution in [2.75, 3.05) is 19.9 Å². The molecule has 1 saturated heterocycles. The van der Waals surface area contributed by atoms with E-state index >= 15 is 0 Å². The van der Waals surface area contributed by atoms with Gasteiger partial charge in [-0.05, 0) is 48.7 Å². The molecule has 5 nitrogen and oxygen atoms in total. The minimum atomic E-state index is -0.0889. The summed E-state index contributed by atoms with van der Waals surface area (Å²) >= 11 is 3.46. The van der Waals surface area contributed by atoms with Crippen LogP contribution in [0.25, 0.3) is 6.08 Å². The Hall–Kier alpha value is -2.15. The molecule has 3 aliphatic heterocycles. The second-order valence-corrected chi connectivity index (χ2v) is 8.25. The normalized spacial score (nSPS) is 22.7. The first-order valence-corrected chi connectivity index (χ1v) is 10.3. The van der Waals surface area contributed by atoms with E-state index in [0.29, 0.717) is 30.3 Å². The Morgan fingerprint density at radius 3 is 3.00 bits per heavy atom. The van der Waals surface area contributed by atoms with Crippen molar-refractivity contribution < 1.29 is 19.0 Å². The number of ketones is 1. The van der Waals surface area contributed by atoms with Gasteiger partial charge in [-0.15, -0.1) is 0 Å². The number of carbonyl (C=O) groups is 1. The molecule has 2 aromatic carbocycles. The minimum Gasteiger partial charge on any atom is -0.478 e. The highest BCUT2D eigenvalue weighted by molar-refractivity contribution is 9.10. The summed E-state index contributed by atoms with van der Waals surface area (Å²) in [5, 5.41) is 0. The summed E-state index contributed by atoms with van der Waals surface area (Å²) in [6.45, 7) is 2.89. The van der Waals surface area contributed by atoms with Crippen LogP contribution in [0.15, 0.2) is 46.6 Å². The fraction of sp³-hybridized carbons (Fsp3) is 0.318. The number of Topliss-reactive ketones (excluding diaryl/α,β-unsaturated/α-hetero) is 1. The first-order chi connectivity index (χ1) is 13.7. The highest BCUT2D eigenvalue weighted by Gasteiger charge is 2.34. The van der Waals surface area contributed by atoms with Crippen molar-refractivity contribution in [1.82, 2.24) is 4.90 Å². The van der Waals surface area contributed by atoms with E-state index in [4.69, 9.17) is 14.2 Å². The van der Waals surface area contributed by atoms with E-state index in [1.165, 1.54) is 0 Å². The Labute approximate surface area is 172 Å². The molecule has 0 radical (unpaired) electrons. The first-order valence-electron chi connectivity index (χ1n) is 9.50. The van der Waals surface area contributed by atoms with Crippen LogP contribution in [0.1, 0.15) is 34.3 Å². The standard InChI is InChI=1S/C22H20BrNO4/c23-15-4-1-3-14(9-15)10-20-21(25)17-6-7-19-18(22(17)28-20)12-24(13-27-19)11-16-5-2-8-26-16/h1,3-4,6-7,9-10,16H,2,5,8,11-13H2/b20-10-. The molecule has 28 heavy (non-hydrogen) atoms. The van der Waals surface area contributed by atoms with E-state index in [-0.39, 0.29) is 11.9 Å². The van der Waals surface area contributed by atoms with Gasteiger partial charge in [0.05, 0.1) is 17.2 Å². The Morgan fingerprint density at radius 1 is 1.25 bits per heavy atom. The summed E-state index contributed by atoms with van der Waals surface area (Å²) in [6, 6.07) is 11.5.